The maximum absolute atomic E-state index is 12.4. The highest BCUT2D eigenvalue weighted by molar-refractivity contribution is 7.89. The van der Waals surface area contributed by atoms with E-state index in [1.54, 1.807) is 68.8 Å². The number of nitrogens with one attached hydrogen (secondary N) is 4. The van der Waals surface area contributed by atoms with Gasteiger partial charge in [0.2, 0.25) is 20.0 Å². The SMILES string of the molecule is CCC.CCN(C)c1ccc(S(=O)(=O)NC)cc1Nc1ncnc2cc(OC)c(OC)cc12.CNS(=O)(=O)c1ccc(N2CCOCC2)c(Nc2ncnc3cc(O)c(OC)cc23)c1. The molecular formula is C43H56N10O9S2. The zero-order valence-corrected chi connectivity index (χ0v) is 39.0. The van der Waals surface area contributed by atoms with E-state index in [1.165, 1.54) is 46.3 Å². The number of nitrogens with zero attached hydrogens (tertiary/aromatic N) is 6. The Morgan fingerprint density at radius 3 is 1.70 bits per heavy atom. The Balaban J connectivity index is 0.000000227. The number of hydrogen-bond acceptors (Lipinski definition) is 17. The molecule has 64 heavy (non-hydrogen) atoms. The molecule has 1 aliphatic rings. The number of benzene rings is 4. The summed E-state index contributed by atoms with van der Waals surface area (Å²) in [5.74, 6) is 2.33. The highest BCUT2D eigenvalue weighted by atomic mass is 32.2. The van der Waals surface area contributed by atoms with E-state index < -0.39 is 20.0 Å². The van der Waals surface area contributed by atoms with E-state index in [-0.39, 0.29) is 21.3 Å². The molecule has 1 fully saturated rings. The highest BCUT2D eigenvalue weighted by Gasteiger charge is 2.21. The van der Waals surface area contributed by atoms with Gasteiger partial charge in [-0.05, 0) is 69.6 Å². The second-order valence-electron chi connectivity index (χ2n) is 14.1. The molecular weight excluding hydrogens is 865 g/mol. The van der Waals surface area contributed by atoms with Crippen LogP contribution < -0.4 is 44.1 Å². The van der Waals surface area contributed by atoms with Crippen LogP contribution in [-0.4, -0.2) is 117 Å². The molecule has 3 heterocycles. The largest absolute Gasteiger partial charge is 0.504 e. The number of rotatable bonds is 14. The Kier molecular flexibility index (Phi) is 16.7. The van der Waals surface area contributed by atoms with Crippen LogP contribution in [0.1, 0.15) is 27.2 Å². The molecule has 344 valence electrons. The number of aromatic nitrogens is 4. The summed E-state index contributed by atoms with van der Waals surface area (Å²) in [5.41, 5.74) is 4.02. The van der Waals surface area contributed by atoms with Crippen LogP contribution >= 0.6 is 0 Å². The number of phenols is 1. The molecule has 1 saturated heterocycles. The number of fused-ring (bicyclic) bond motifs is 2. The first-order valence-corrected chi connectivity index (χ1v) is 23.3. The quantitative estimate of drug-likeness (QED) is 0.0843. The van der Waals surface area contributed by atoms with Crippen molar-refractivity contribution in [2.45, 2.75) is 37.0 Å². The van der Waals surface area contributed by atoms with Crippen LogP contribution in [0.15, 0.2) is 83.1 Å². The summed E-state index contributed by atoms with van der Waals surface area (Å²) in [6.07, 6.45) is 4.06. The molecule has 0 amide bonds. The summed E-state index contributed by atoms with van der Waals surface area (Å²) in [5, 5.41) is 17.9. The molecule has 21 heteroatoms. The molecule has 19 nitrogen and oxygen atoms in total. The van der Waals surface area contributed by atoms with Crippen LogP contribution in [-0.2, 0) is 24.8 Å². The standard InChI is InChI=1S/C20H23N5O5S.C20H25N5O4S.C3H8/c1-21-31(27,28)13-3-4-17(25-5-7-30-8-6-25)16(9-13)24-20-14-10-19(29-2)18(26)11-15(14)22-12-23-20;1-6-25(3)17-8-7-13(30(26,27)21-2)9-16(17)24-20-14-10-18(28-4)19(29-5)11-15(14)22-12-23-20;1-3-2/h3-4,9-12,21,26H,5-8H2,1-2H3,(H,22,23,24);7-12,21H,6H2,1-5H3,(H,22,23,24);3H2,1-2H3. The molecule has 0 spiro atoms. The molecule has 4 aromatic carbocycles. The van der Waals surface area contributed by atoms with Crippen molar-refractivity contribution in [3.05, 3.63) is 73.3 Å². The van der Waals surface area contributed by atoms with Crippen LogP contribution in [0.4, 0.5) is 34.4 Å². The minimum atomic E-state index is -3.64. The summed E-state index contributed by atoms with van der Waals surface area (Å²) in [7, 11) is 2.02. The zero-order valence-electron chi connectivity index (χ0n) is 37.4. The number of methoxy groups -OCH3 is 3. The van der Waals surface area contributed by atoms with Crippen LogP contribution in [0.5, 0.6) is 23.0 Å². The Hall–Kier alpha value is -6.26. The number of phenolic OH excluding ortho intramolecular Hbond substituents is 1. The monoisotopic (exact) mass is 920 g/mol. The lowest BCUT2D eigenvalue weighted by molar-refractivity contribution is 0.123. The van der Waals surface area contributed by atoms with Gasteiger partial charge in [-0.3, -0.25) is 0 Å². The van der Waals surface area contributed by atoms with Gasteiger partial charge in [0, 0.05) is 49.6 Å². The number of aromatic hydroxyl groups is 1. The average molecular weight is 921 g/mol. The minimum Gasteiger partial charge on any atom is -0.504 e. The molecule has 0 saturated carbocycles. The van der Waals surface area contributed by atoms with Gasteiger partial charge in [0.1, 0.15) is 24.3 Å². The second kappa shape index (κ2) is 21.9. The third-order valence-corrected chi connectivity index (χ3v) is 12.7. The molecule has 7 rings (SSSR count). The predicted molar refractivity (Wildman–Crippen MR) is 250 cm³/mol. The third-order valence-electron chi connectivity index (χ3n) is 9.91. The van der Waals surface area contributed by atoms with Crippen molar-refractivity contribution < 1.29 is 40.9 Å². The third kappa shape index (κ3) is 11.3. The molecule has 0 aliphatic carbocycles. The van der Waals surface area contributed by atoms with Gasteiger partial charge in [-0.15, -0.1) is 0 Å². The lowest BCUT2D eigenvalue weighted by atomic mass is 10.2. The number of ether oxygens (including phenoxy) is 4. The van der Waals surface area contributed by atoms with E-state index >= 15 is 0 Å². The zero-order chi connectivity index (χ0) is 46.6. The summed E-state index contributed by atoms with van der Waals surface area (Å²) >= 11 is 0. The molecule has 0 bridgehead atoms. The van der Waals surface area contributed by atoms with Gasteiger partial charge in [0.15, 0.2) is 23.0 Å². The van der Waals surface area contributed by atoms with E-state index in [9.17, 15) is 21.9 Å². The van der Waals surface area contributed by atoms with E-state index in [0.29, 0.717) is 82.6 Å². The van der Waals surface area contributed by atoms with E-state index in [4.69, 9.17) is 18.9 Å². The smallest absolute Gasteiger partial charge is 0.240 e. The minimum absolute atomic E-state index is 0.0317. The van der Waals surface area contributed by atoms with Crippen LogP contribution in [0, 0.1) is 0 Å². The Labute approximate surface area is 374 Å². The lowest BCUT2D eigenvalue weighted by Crippen LogP contribution is -2.36. The fourth-order valence-electron chi connectivity index (χ4n) is 6.46. The van der Waals surface area contributed by atoms with Gasteiger partial charge in [-0.25, -0.2) is 46.2 Å². The molecule has 5 N–H and O–H groups in total. The summed E-state index contributed by atoms with van der Waals surface area (Å²) in [6, 6.07) is 16.5. The second-order valence-corrected chi connectivity index (χ2v) is 17.8. The van der Waals surface area contributed by atoms with Crippen LogP contribution in [0.25, 0.3) is 21.8 Å². The average Bonchev–Trinajstić information content (AvgIpc) is 3.31. The first-order chi connectivity index (χ1) is 30.7. The van der Waals surface area contributed by atoms with E-state index in [2.05, 4.69) is 58.8 Å². The molecule has 0 unspecified atom stereocenters. The Morgan fingerprint density at radius 2 is 1.17 bits per heavy atom. The number of morpholine rings is 1. The fourth-order valence-corrected chi connectivity index (χ4v) is 7.97. The van der Waals surface area contributed by atoms with Crippen molar-refractivity contribution >= 4 is 76.2 Å². The lowest BCUT2D eigenvalue weighted by Gasteiger charge is -2.31. The first kappa shape index (κ1) is 48.8. The van der Waals surface area contributed by atoms with Gasteiger partial charge >= 0.3 is 0 Å². The topological polar surface area (TPSA) is 232 Å². The van der Waals surface area contributed by atoms with Crippen LogP contribution in [0.3, 0.4) is 0 Å². The summed E-state index contributed by atoms with van der Waals surface area (Å²) in [6.45, 7) is 9.53. The Morgan fingerprint density at radius 1 is 0.688 bits per heavy atom. The summed E-state index contributed by atoms with van der Waals surface area (Å²) in [4.78, 5) is 21.6. The number of sulfonamides is 2. The van der Waals surface area contributed by atoms with Gasteiger partial charge < -0.3 is 44.5 Å². The molecule has 1 aliphatic heterocycles. The Bertz CT molecular complexity index is 2770. The van der Waals surface area contributed by atoms with Crippen molar-refractivity contribution in [1.29, 1.82) is 0 Å². The van der Waals surface area contributed by atoms with Crippen molar-refractivity contribution in [1.82, 2.24) is 29.4 Å². The molecule has 0 radical (unpaired) electrons. The van der Waals surface area contributed by atoms with Crippen molar-refractivity contribution in [2.75, 3.05) is 95.8 Å². The molecule has 2 aromatic heterocycles. The van der Waals surface area contributed by atoms with E-state index in [1.807, 2.05) is 18.9 Å². The maximum Gasteiger partial charge on any atom is 0.240 e. The summed E-state index contributed by atoms with van der Waals surface area (Å²) < 4.78 is 75.5. The number of anilines is 6. The van der Waals surface area contributed by atoms with Gasteiger partial charge in [0.25, 0.3) is 0 Å². The number of hydrogen-bond donors (Lipinski definition) is 5. The van der Waals surface area contributed by atoms with Crippen molar-refractivity contribution in [2.24, 2.45) is 0 Å². The normalized spacial score (nSPS) is 12.7. The highest BCUT2D eigenvalue weighted by Crippen LogP contribution is 2.38. The molecule has 6 aromatic rings. The first-order valence-electron chi connectivity index (χ1n) is 20.3. The van der Waals surface area contributed by atoms with Crippen molar-refractivity contribution in [3.63, 3.8) is 0 Å². The van der Waals surface area contributed by atoms with Gasteiger partial charge in [-0.2, -0.15) is 0 Å². The maximum atomic E-state index is 12.4. The fraction of sp³-hybridized carbons (Fsp3) is 0.349. The van der Waals surface area contributed by atoms with Crippen molar-refractivity contribution in [3.8, 4) is 23.0 Å². The van der Waals surface area contributed by atoms with Crippen LogP contribution in [0.2, 0.25) is 0 Å². The molecule has 0 atom stereocenters. The predicted octanol–water partition coefficient (Wildman–Crippen LogP) is 6.00. The van der Waals surface area contributed by atoms with Gasteiger partial charge in [0.05, 0.1) is 78.1 Å². The van der Waals surface area contributed by atoms with Gasteiger partial charge in [-0.1, -0.05) is 20.3 Å². The van der Waals surface area contributed by atoms with E-state index in [0.717, 1.165) is 17.9 Å².